The molecule has 6 heteroatoms. The molecular formula is C12H21N3O2S. The second-order valence-corrected chi connectivity index (χ2v) is 6.27. The van der Waals surface area contributed by atoms with Crippen LogP contribution >= 0.6 is 0 Å². The zero-order chi connectivity index (χ0) is 13.6. The Balaban J connectivity index is 2.68. The molecule has 0 atom stereocenters. The lowest BCUT2D eigenvalue weighted by atomic mass is 10.1. The summed E-state index contributed by atoms with van der Waals surface area (Å²) in [5, 5.41) is 2.78. The molecule has 0 saturated heterocycles. The van der Waals surface area contributed by atoms with Crippen LogP contribution in [0.1, 0.15) is 26.7 Å². The van der Waals surface area contributed by atoms with E-state index < -0.39 is 10.0 Å². The summed E-state index contributed by atoms with van der Waals surface area (Å²) in [5.41, 5.74) is 0. The number of hydrogen-bond acceptors (Lipinski definition) is 4. The maximum Gasteiger partial charge on any atom is 0.244 e. The van der Waals surface area contributed by atoms with Gasteiger partial charge >= 0.3 is 0 Å². The summed E-state index contributed by atoms with van der Waals surface area (Å²) < 4.78 is 26.7. The molecule has 1 heterocycles. The second kappa shape index (κ2) is 6.70. The molecule has 102 valence electrons. The third kappa shape index (κ3) is 4.27. The standard InChI is InChI=1S/C12H21N3O2S/c1-10(2)6-4-9-15-18(16,17)11-7-5-8-14-12(11)13-3/h5,7-8,10,15H,4,6,9H2,1-3H3,(H,13,14). The summed E-state index contributed by atoms with van der Waals surface area (Å²) in [6, 6.07) is 3.16. The molecule has 18 heavy (non-hydrogen) atoms. The Morgan fingerprint density at radius 3 is 2.72 bits per heavy atom. The average molecular weight is 271 g/mol. The number of hydrogen-bond donors (Lipinski definition) is 2. The molecule has 0 bridgehead atoms. The van der Waals surface area contributed by atoms with Crippen molar-refractivity contribution in [2.75, 3.05) is 18.9 Å². The van der Waals surface area contributed by atoms with Crippen molar-refractivity contribution in [1.29, 1.82) is 0 Å². The Bertz CT molecular complexity index is 472. The first-order valence-electron chi connectivity index (χ1n) is 6.10. The molecule has 2 N–H and O–H groups in total. The van der Waals surface area contributed by atoms with Crippen molar-refractivity contribution >= 4 is 15.8 Å². The second-order valence-electron chi connectivity index (χ2n) is 4.53. The summed E-state index contributed by atoms with van der Waals surface area (Å²) in [6.07, 6.45) is 3.41. The van der Waals surface area contributed by atoms with Crippen LogP contribution in [0, 0.1) is 5.92 Å². The number of aromatic nitrogens is 1. The molecule has 0 aromatic carbocycles. The van der Waals surface area contributed by atoms with Gasteiger partial charge in [0.1, 0.15) is 10.7 Å². The summed E-state index contributed by atoms with van der Waals surface area (Å²) in [4.78, 5) is 4.18. The van der Waals surface area contributed by atoms with Crippen molar-refractivity contribution in [2.24, 2.45) is 5.92 Å². The van der Waals surface area contributed by atoms with Crippen molar-refractivity contribution in [3.63, 3.8) is 0 Å². The first kappa shape index (κ1) is 14.9. The predicted octanol–water partition coefficient (Wildman–Crippen LogP) is 1.84. The third-order valence-electron chi connectivity index (χ3n) is 2.55. The van der Waals surface area contributed by atoms with E-state index >= 15 is 0 Å². The fraction of sp³-hybridized carbons (Fsp3) is 0.583. The highest BCUT2D eigenvalue weighted by Crippen LogP contribution is 2.17. The van der Waals surface area contributed by atoms with Gasteiger partial charge in [-0.2, -0.15) is 0 Å². The zero-order valence-corrected chi connectivity index (χ0v) is 11.9. The van der Waals surface area contributed by atoms with E-state index in [1.54, 1.807) is 25.4 Å². The molecule has 5 nitrogen and oxygen atoms in total. The lowest BCUT2D eigenvalue weighted by Crippen LogP contribution is -2.26. The first-order chi connectivity index (χ1) is 8.47. The Morgan fingerprint density at radius 2 is 2.11 bits per heavy atom. The SMILES string of the molecule is CNc1ncccc1S(=O)(=O)NCCCC(C)C. The topological polar surface area (TPSA) is 71.1 Å². The Hall–Kier alpha value is -1.14. The molecule has 0 unspecified atom stereocenters. The highest BCUT2D eigenvalue weighted by Gasteiger charge is 2.17. The average Bonchev–Trinajstić information content (AvgIpc) is 2.34. The van der Waals surface area contributed by atoms with Gasteiger partial charge in [-0.3, -0.25) is 0 Å². The van der Waals surface area contributed by atoms with Crippen molar-refractivity contribution in [3.8, 4) is 0 Å². The van der Waals surface area contributed by atoms with Crippen LogP contribution in [0.25, 0.3) is 0 Å². The van der Waals surface area contributed by atoms with Crippen LogP contribution in [-0.4, -0.2) is 27.0 Å². The molecular weight excluding hydrogens is 250 g/mol. The van der Waals surface area contributed by atoms with Gasteiger partial charge in [0.2, 0.25) is 10.0 Å². The van der Waals surface area contributed by atoms with Crippen LogP contribution in [0.3, 0.4) is 0 Å². The fourth-order valence-electron chi connectivity index (χ4n) is 1.59. The smallest absolute Gasteiger partial charge is 0.244 e. The van der Waals surface area contributed by atoms with Gasteiger partial charge in [-0.1, -0.05) is 13.8 Å². The summed E-state index contributed by atoms with van der Waals surface area (Å²) >= 11 is 0. The highest BCUT2D eigenvalue weighted by molar-refractivity contribution is 7.89. The number of rotatable bonds is 7. The third-order valence-corrected chi connectivity index (χ3v) is 4.04. The van der Waals surface area contributed by atoms with Crippen LogP contribution in [0.4, 0.5) is 5.82 Å². The van der Waals surface area contributed by atoms with E-state index in [-0.39, 0.29) is 4.90 Å². The minimum atomic E-state index is -3.48. The molecule has 0 spiro atoms. The molecule has 1 rings (SSSR count). The van der Waals surface area contributed by atoms with Gasteiger partial charge in [-0.05, 0) is 30.9 Å². The minimum absolute atomic E-state index is 0.192. The Labute approximate surface area is 109 Å². The van der Waals surface area contributed by atoms with Crippen LogP contribution in [0.5, 0.6) is 0 Å². The molecule has 0 saturated carbocycles. The normalized spacial score (nSPS) is 11.8. The number of pyridine rings is 1. The Kier molecular flexibility index (Phi) is 5.55. The molecule has 1 aromatic heterocycles. The van der Waals surface area contributed by atoms with Crippen molar-refractivity contribution < 1.29 is 8.42 Å². The maximum absolute atomic E-state index is 12.1. The highest BCUT2D eigenvalue weighted by atomic mass is 32.2. The Morgan fingerprint density at radius 1 is 1.39 bits per heavy atom. The van der Waals surface area contributed by atoms with Crippen LogP contribution < -0.4 is 10.0 Å². The van der Waals surface area contributed by atoms with Gasteiger partial charge in [-0.25, -0.2) is 18.1 Å². The maximum atomic E-state index is 12.1. The molecule has 0 radical (unpaired) electrons. The lowest BCUT2D eigenvalue weighted by molar-refractivity contribution is 0.540. The van der Waals surface area contributed by atoms with Crippen molar-refractivity contribution in [2.45, 2.75) is 31.6 Å². The van der Waals surface area contributed by atoms with Crippen LogP contribution in [0.15, 0.2) is 23.2 Å². The molecule has 0 aliphatic heterocycles. The summed E-state index contributed by atoms with van der Waals surface area (Å²) in [7, 11) is -1.82. The monoisotopic (exact) mass is 271 g/mol. The van der Waals surface area contributed by atoms with E-state index in [9.17, 15) is 8.42 Å². The number of sulfonamides is 1. The van der Waals surface area contributed by atoms with Gasteiger partial charge in [0, 0.05) is 19.8 Å². The largest absolute Gasteiger partial charge is 0.372 e. The van der Waals surface area contributed by atoms with E-state index in [0.29, 0.717) is 18.3 Å². The molecule has 1 aromatic rings. The van der Waals surface area contributed by atoms with E-state index in [1.165, 1.54) is 0 Å². The van der Waals surface area contributed by atoms with Gasteiger partial charge in [-0.15, -0.1) is 0 Å². The van der Waals surface area contributed by atoms with Crippen LogP contribution in [0.2, 0.25) is 0 Å². The van der Waals surface area contributed by atoms with Gasteiger partial charge in [0.25, 0.3) is 0 Å². The number of anilines is 1. The van der Waals surface area contributed by atoms with Gasteiger partial charge < -0.3 is 5.32 Å². The van der Waals surface area contributed by atoms with Crippen molar-refractivity contribution in [3.05, 3.63) is 18.3 Å². The quantitative estimate of drug-likeness (QED) is 0.742. The molecule has 0 aliphatic rings. The number of nitrogens with zero attached hydrogens (tertiary/aromatic N) is 1. The lowest BCUT2D eigenvalue weighted by Gasteiger charge is -2.10. The van der Waals surface area contributed by atoms with E-state index in [1.807, 2.05) is 0 Å². The van der Waals surface area contributed by atoms with Crippen molar-refractivity contribution in [1.82, 2.24) is 9.71 Å². The number of nitrogens with one attached hydrogen (secondary N) is 2. The molecule has 0 fully saturated rings. The minimum Gasteiger partial charge on any atom is -0.372 e. The summed E-state index contributed by atoms with van der Waals surface area (Å²) in [6.45, 7) is 4.70. The molecule has 0 aliphatic carbocycles. The first-order valence-corrected chi connectivity index (χ1v) is 7.58. The van der Waals surface area contributed by atoms with Crippen LogP contribution in [-0.2, 0) is 10.0 Å². The summed E-state index contributed by atoms with van der Waals surface area (Å²) in [5.74, 6) is 0.953. The molecule has 0 amide bonds. The van der Waals surface area contributed by atoms with E-state index in [4.69, 9.17) is 0 Å². The van der Waals surface area contributed by atoms with E-state index in [0.717, 1.165) is 12.8 Å². The van der Waals surface area contributed by atoms with Gasteiger partial charge in [0.15, 0.2) is 0 Å². The fourth-order valence-corrected chi connectivity index (χ4v) is 2.83. The van der Waals surface area contributed by atoms with E-state index in [2.05, 4.69) is 28.9 Å². The van der Waals surface area contributed by atoms with Gasteiger partial charge in [0.05, 0.1) is 0 Å². The zero-order valence-electron chi connectivity index (χ0n) is 11.1. The predicted molar refractivity (Wildman–Crippen MR) is 73.0 cm³/mol.